The topological polar surface area (TPSA) is 47.4 Å². The summed E-state index contributed by atoms with van der Waals surface area (Å²) in [6.07, 6.45) is 0. The highest BCUT2D eigenvalue weighted by Gasteiger charge is 2.27. The summed E-state index contributed by atoms with van der Waals surface area (Å²) < 4.78 is 16.0. The van der Waals surface area contributed by atoms with Crippen molar-refractivity contribution >= 4 is 38.7 Å². The Morgan fingerprint density at radius 3 is 2.43 bits per heavy atom. The summed E-state index contributed by atoms with van der Waals surface area (Å²) in [6, 6.07) is 20.5. The van der Waals surface area contributed by atoms with Crippen LogP contribution in [-0.4, -0.2) is 44.8 Å². The van der Waals surface area contributed by atoms with Crippen LogP contribution in [0.15, 0.2) is 70.9 Å². The Labute approximate surface area is 183 Å². The van der Waals surface area contributed by atoms with Crippen molar-refractivity contribution in [3.05, 3.63) is 77.2 Å². The van der Waals surface area contributed by atoms with E-state index in [1.54, 1.807) is 15.4 Å². The number of fused-ring (bicyclic) bond motifs is 1. The van der Waals surface area contributed by atoms with E-state index in [0.29, 0.717) is 0 Å². The number of hydrogen-bond donors (Lipinski definition) is 0. The number of thiophene rings is 1. The molecule has 7 heteroatoms. The number of piperazine rings is 1. The van der Waals surface area contributed by atoms with Crippen LogP contribution in [0.1, 0.15) is 11.1 Å². The maximum atomic E-state index is 13.2. The van der Waals surface area contributed by atoms with Gasteiger partial charge in [-0.3, -0.25) is 4.90 Å². The van der Waals surface area contributed by atoms with E-state index in [1.807, 2.05) is 37.3 Å². The van der Waals surface area contributed by atoms with Gasteiger partial charge in [-0.1, -0.05) is 52.1 Å². The average molecular weight is 437 g/mol. The lowest BCUT2D eigenvalue weighted by atomic mass is 10.2. The molecular formula is C23H24N4OS2. The van der Waals surface area contributed by atoms with Crippen LogP contribution in [-0.2, 0) is 17.9 Å². The predicted molar refractivity (Wildman–Crippen MR) is 125 cm³/mol. The first kappa shape index (κ1) is 19.6. The van der Waals surface area contributed by atoms with Gasteiger partial charge in [0.25, 0.3) is 0 Å². The number of aryl methyl sites for hydroxylation is 1. The first-order chi connectivity index (χ1) is 14.7. The highest BCUT2D eigenvalue weighted by molar-refractivity contribution is 7.90. The summed E-state index contributed by atoms with van der Waals surface area (Å²) in [4.78, 5) is 5.60. The van der Waals surface area contributed by atoms with Crippen molar-refractivity contribution < 1.29 is 4.55 Å². The molecule has 2 aromatic heterocycles. The van der Waals surface area contributed by atoms with Gasteiger partial charge in [0.05, 0.1) is 0 Å². The van der Waals surface area contributed by atoms with Crippen molar-refractivity contribution in [2.75, 3.05) is 31.1 Å². The zero-order valence-corrected chi connectivity index (χ0v) is 18.5. The number of benzene rings is 2. The number of rotatable bonds is 5. The molecule has 0 radical (unpaired) electrons. The van der Waals surface area contributed by atoms with Crippen LogP contribution in [0.3, 0.4) is 0 Å². The van der Waals surface area contributed by atoms with Crippen molar-refractivity contribution in [1.82, 2.24) is 14.1 Å². The fraction of sp³-hybridized carbons (Fsp3) is 0.261. The maximum Gasteiger partial charge on any atom is 0.182 e. The van der Waals surface area contributed by atoms with Crippen LogP contribution in [0.25, 0.3) is 10.2 Å². The molecule has 1 aliphatic heterocycles. The van der Waals surface area contributed by atoms with Crippen molar-refractivity contribution in [2.24, 2.45) is 0 Å². The van der Waals surface area contributed by atoms with Crippen molar-refractivity contribution in [3.8, 4) is 0 Å². The summed E-state index contributed by atoms with van der Waals surface area (Å²) >= 11 is 0.324. The van der Waals surface area contributed by atoms with Crippen molar-refractivity contribution in [3.63, 3.8) is 0 Å². The molecule has 1 unspecified atom stereocenters. The monoisotopic (exact) mass is 436 g/mol. The Kier molecular flexibility index (Phi) is 5.52. The third-order valence-corrected chi connectivity index (χ3v) is 7.71. The van der Waals surface area contributed by atoms with E-state index >= 15 is 0 Å². The molecule has 0 amide bonds. The Balaban J connectivity index is 1.34. The van der Waals surface area contributed by atoms with E-state index < -0.39 is 11.4 Å². The summed E-state index contributed by atoms with van der Waals surface area (Å²) in [5.74, 6) is 0.958. The zero-order chi connectivity index (χ0) is 20.5. The summed E-state index contributed by atoms with van der Waals surface area (Å²) in [7, 11) is 0. The van der Waals surface area contributed by atoms with Crippen LogP contribution in [0, 0.1) is 6.92 Å². The lowest BCUT2D eigenvalue weighted by Crippen LogP contribution is -2.46. The lowest BCUT2D eigenvalue weighted by Gasteiger charge is -2.34. The molecule has 5 rings (SSSR count). The molecule has 0 bridgehead atoms. The maximum absolute atomic E-state index is 13.2. The highest BCUT2D eigenvalue weighted by atomic mass is 32.2. The van der Waals surface area contributed by atoms with Crippen molar-refractivity contribution in [1.29, 1.82) is 0 Å². The smallest absolute Gasteiger partial charge is 0.182 e. The fourth-order valence-corrected chi connectivity index (χ4v) is 5.85. The standard InChI is InChI=1S/C23H24N4OS2/c1-18-7-9-20(10-8-18)30(28)27-21-11-16-29-22(21)23(24-27)26-14-12-25(13-15-26)17-19-5-3-2-4-6-19/h2-11,16H,12-15,17H2,1H3. The van der Waals surface area contributed by atoms with Crippen LogP contribution in [0.5, 0.6) is 0 Å². The van der Waals surface area contributed by atoms with Gasteiger partial charge in [-0.05, 0) is 36.1 Å². The molecule has 5 nitrogen and oxygen atoms in total. The van der Waals surface area contributed by atoms with Crippen molar-refractivity contribution in [2.45, 2.75) is 18.4 Å². The minimum atomic E-state index is -1.35. The predicted octanol–water partition coefficient (Wildman–Crippen LogP) is 4.30. The van der Waals surface area contributed by atoms with E-state index in [2.05, 4.69) is 45.5 Å². The molecule has 0 N–H and O–H groups in total. The Morgan fingerprint density at radius 1 is 0.967 bits per heavy atom. The van der Waals surface area contributed by atoms with Crippen LogP contribution < -0.4 is 4.90 Å². The summed E-state index contributed by atoms with van der Waals surface area (Å²) in [5, 5.41) is 6.87. The van der Waals surface area contributed by atoms with Gasteiger partial charge >= 0.3 is 0 Å². The van der Waals surface area contributed by atoms with Gasteiger partial charge in [0.2, 0.25) is 0 Å². The van der Waals surface area contributed by atoms with Crippen LogP contribution >= 0.6 is 11.3 Å². The normalized spacial score (nSPS) is 16.3. The molecule has 3 heterocycles. The fourth-order valence-electron chi connectivity index (χ4n) is 3.85. The third-order valence-electron chi connectivity index (χ3n) is 5.54. The van der Waals surface area contributed by atoms with Crippen LogP contribution in [0.4, 0.5) is 5.82 Å². The number of hydrogen-bond acceptors (Lipinski definition) is 5. The first-order valence-corrected chi connectivity index (χ1v) is 12.1. The number of aromatic nitrogens is 2. The Hall–Kier alpha value is -2.32. The van der Waals surface area contributed by atoms with E-state index in [9.17, 15) is 4.55 Å². The second-order valence-electron chi connectivity index (χ2n) is 7.64. The van der Waals surface area contributed by atoms with E-state index in [0.717, 1.165) is 59.2 Å². The van der Waals surface area contributed by atoms with Gasteiger partial charge in [0.15, 0.2) is 10.7 Å². The minimum Gasteiger partial charge on any atom is -0.586 e. The zero-order valence-electron chi connectivity index (χ0n) is 16.9. The molecule has 4 aromatic rings. The molecule has 0 saturated carbocycles. The van der Waals surface area contributed by atoms with Crippen LogP contribution in [0.2, 0.25) is 0 Å². The van der Waals surface area contributed by atoms with E-state index in [1.165, 1.54) is 5.56 Å². The molecule has 0 spiro atoms. The van der Waals surface area contributed by atoms with E-state index in [-0.39, 0.29) is 0 Å². The summed E-state index contributed by atoms with van der Waals surface area (Å²) in [5.41, 5.74) is 3.45. The first-order valence-electron chi connectivity index (χ1n) is 10.2. The molecule has 154 valence electrons. The molecule has 1 saturated heterocycles. The van der Waals surface area contributed by atoms with E-state index in [4.69, 9.17) is 5.10 Å². The molecule has 1 aliphatic rings. The van der Waals surface area contributed by atoms with Gasteiger partial charge in [-0.15, -0.1) is 16.4 Å². The van der Waals surface area contributed by atoms with Gasteiger partial charge in [0, 0.05) is 32.7 Å². The lowest BCUT2D eigenvalue weighted by molar-refractivity contribution is 0.249. The molecule has 0 aliphatic carbocycles. The van der Waals surface area contributed by atoms with Gasteiger partial charge in [0.1, 0.15) is 21.6 Å². The quantitative estimate of drug-likeness (QED) is 0.438. The molecular weight excluding hydrogens is 412 g/mol. The number of nitrogens with zero attached hydrogens (tertiary/aromatic N) is 4. The number of anilines is 1. The Bertz CT molecular complexity index is 1120. The second-order valence-corrected chi connectivity index (χ2v) is 9.87. The average Bonchev–Trinajstić information content (AvgIpc) is 3.38. The summed E-state index contributed by atoms with van der Waals surface area (Å²) in [6.45, 7) is 6.86. The Morgan fingerprint density at radius 2 is 1.70 bits per heavy atom. The third kappa shape index (κ3) is 3.86. The van der Waals surface area contributed by atoms with Gasteiger partial charge in [-0.25, -0.2) is 0 Å². The molecule has 30 heavy (non-hydrogen) atoms. The SMILES string of the molecule is Cc1ccc([S+]([O-])n2nc(N3CCN(Cc4ccccc4)CC3)c3sccc32)cc1. The van der Waals surface area contributed by atoms with Gasteiger partial charge in [-0.2, -0.15) is 0 Å². The van der Waals surface area contributed by atoms with Gasteiger partial charge < -0.3 is 9.45 Å². The largest absolute Gasteiger partial charge is 0.586 e. The highest BCUT2D eigenvalue weighted by Crippen LogP contribution is 2.33. The molecule has 1 fully saturated rings. The molecule has 1 atom stereocenters. The minimum absolute atomic E-state index is 0.774. The second kappa shape index (κ2) is 8.43. The molecule has 2 aromatic carbocycles.